The van der Waals surface area contributed by atoms with Crippen LogP contribution in [0.5, 0.6) is 11.5 Å². The molecule has 0 atom stereocenters. The second-order valence-corrected chi connectivity index (χ2v) is 3.65. The third-order valence-corrected chi connectivity index (χ3v) is 2.37. The Bertz CT molecular complexity index is 279. The van der Waals surface area contributed by atoms with Crippen LogP contribution in [0.25, 0.3) is 0 Å². The third-order valence-electron chi connectivity index (χ3n) is 1.77. The molecule has 0 spiro atoms. The van der Waals surface area contributed by atoms with Gasteiger partial charge in [0.25, 0.3) is 0 Å². The normalized spacial score (nSPS) is 10.3. The standard InChI is InChI=1S/C9H12BrNO2/c1-11-3-2-6-4-7(10)9(13)8(12)5-6/h4-5,11-13H,2-3H2,1H3. The molecule has 0 aliphatic carbocycles. The fourth-order valence-corrected chi connectivity index (χ4v) is 1.55. The van der Waals surface area contributed by atoms with E-state index in [-0.39, 0.29) is 11.5 Å². The molecule has 0 fully saturated rings. The lowest BCUT2D eigenvalue weighted by atomic mass is 10.1. The molecule has 0 aliphatic heterocycles. The van der Waals surface area contributed by atoms with Gasteiger partial charge in [-0.3, -0.25) is 0 Å². The van der Waals surface area contributed by atoms with Crippen LogP contribution in [0, 0.1) is 0 Å². The largest absolute Gasteiger partial charge is 0.504 e. The second kappa shape index (κ2) is 4.48. The summed E-state index contributed by atoms with van der Waals surface area (Å²) >= 11 is 3.16. The van der Waals surface area contributed by atoms with Crippen LogP contribution >= 0.6 is 15.9 Å². The van der Waals surface area contributed by atoms with E-state index in [1.54, 1.807) is 12.1 Å². The van der Waals surface area contributed by atoms with Gasteiger partial charge < -0.3 is 15.5 Å². The first kappa shape index (κ1) is 10.3. The molecule has 4 heteroatoms. The van der Waals surface area contributed by atoms with Crippen molar-refractivity contribution < 1.29 is 10.2 Å². The number of benzene rings is 1. The number of aromatic hydroxyl groups is 2. The van der Waals surface area contributed by atoms with Gasteiger partial charge in [0.05, 0.1) is 4.47 Å². The first-order chi connectivity index (χ1) is 6.15. The molecule has 1 aromatic carbocycles. The summed E-state index contributed by atoms with van der Waals surface area (Å²) < 4.78 is 0.526. The first-order valence-corrected chi connectivity index (χ1v) is 4.79. The zero-order chi connectivity index (χ0) is 9.84. The van der Waals surface area contributed by atoms with Crippen LogP contribution in [-0.2, 0) is 6.42 Å². The molecule has 3 nitrogen and oxygen atoms in total. The van der Waals surface area contributed by atoms with Crippen LogP contribution in [-0.4, -0.2) is 23.8 Å². The molecule has 0 aliphatic rings. The highest BCUT2D eigenvalue weighted by Gasteiger charge is 2.05. The number of hydrogen-bond acceptors (Lipinski definition) is 3. The second-order valence-electron chi connectivity index (χ2n) is 2.80. The maximum absolute atomic E-state index is 9.28. The van der Waals surface area contributed by atoms with Crippen molar-refractivity contribution in [1.29, 1.82) is 0 Å². The maximum Gasteiger partial charge on any atom is 0.171 e. The van der Waals surface area contributed by atoms with Gasteiger partial charge in [0.1, 0.15) is 0 Å². The van der Waals surface area contributed by atoms with Crippen molar-refractivity contribution in [3.8, 4) is 11.5 Å². The van der Waals surface area contributed by atoms with E-state index in [4.69, 9.17) is 0 Å². The SMILES string of the molecule is CNCCc1cc(O)c(O)c(Br)c1. The van der Waals surface area contributed by atoms with Gasteiger partial charge in [-0.2, -0.15) is 0 Å². The number of likely N-dealkylation sites (N-methyl/N-ethyl adjacent to an activating group) is 1. The van der Waals surface area contributed by atoms with E-state index in [0.717, 1.165) is 18.5 Å². The quantitative estimate of drug-likeness (QED) is 0.710. The van der Waals surface area contributed by atoms with Gasteiger partial charge >= 0.3 is 0 Å². The number of phenols is 2. The Kier molecular flexibility index (Phi) is 3.57. The topological polar surface area (TPSA) is 52.5 Å². The minimum atomic E-state index is -0.104. The summed E-state index contributed by atoms with van der Waals surface area (Å²) in [4.78, 5) is 0. The first-order valence-electron chi connectivity index (χ1n) is 4.00. The molecule has 0 saturated carbocycles. The Morgan fingerprint density at radius 3 is 2.62 bits per heavy atom. The molecule has 72 valence electrons. The number of hydrogen-bond donors (Lipinski definition) is 3. The summed E-state index contributed by atoms with van der Waals surface area (Å²) in [5.74, 6) is -0.186. The molecule has 0 unspecified atom stereocenters. The van der Waals surface area contributed by atoms with E-state index in [9.17, 15) is 10.2 Å². The molecule has 0 amide bonds. The van der Waals surface area contributed by atoms with Crippen molar-refractivity contribution in [3.05, 3.63) is 22.2 Å². The van der Waals surface area contributed by atoms with E-state index in [1.165, 1.54) is 0 Å². The molecule has 1 aromatic rings. The van der Waals surface area contributed by atoms with Crippen molar-refractivity contribution in [2.45, 2.75) is 6.42 Å². The van der Waals surface area contributed by atoms with Crippen LogP contribution in [0.3, 0.4) is 0 Å². The van der Waals surface area contributed by atoms with Gasteiger partial charge in [-0.1, -0.05) is 0 Å². The van der Waals surface area contributed by atoms with Crippen molar-refractivity contribution in [2.24, 2.45) is 0 Å². The summed E-state index contributed by atoms with van der Waals surface area (Å²) in [6.07, 6.45) is 0.822. The monoisotopic (exact) mass is 245 g/mol. The summed E-state index contributed by atoms with van der Waals surface area (Å²) in [6.45, 7) is 0.844. The zero-order valence-corrected chi connectivity index (χ0v) is 8.93. The summed E-state index contributed by atoms with van der Waals surface area (Å²) in [5, 5.41) is 21.5. The minimum absolute atomic E-state index is 0.0829. The molecule has 0 heterocycles. The maximum atomic E-state index is 9.28. The third kappa shape index (κ3) is 2.60. The molecule has 1 rings (SSSR count). The molecule has 13 heavy (non-hydrogen) atoms. The fourth-order valence-electron chi connectivity index (χ4n) is 1.05. The van der Waals surface area contributed by atoms with Gasteiger partial charge in [0.2, 0.25) is 0 Å². The smallest absolute Gasteiger partial charge is 0.171 e. The zero-order valence-electron chi connectivity index (χ0n) is 7.34. The van der Waals surface area contributed by atoms with Crippen LogP contribution in [0.15, 0.2) is 16.6 Å². The van der Waals surface area contributed by atoms with Crippen LogP contribution < -0.4 is 5.32 Å². The van der Waals surface area contributed by atoms with Crippen LogP contribution in [0.4, 0.5) is 0 Å². The van der Waals surface area contributed by atoms with Crippen molar-refractivity contribution in [3.63, 3.8) is 0 Å². The highest BCUT2D eigenvalue weighted by molar-refractivity contribution is 9.10. The van der Waals surface area contributed by atoms with Crippen molar-refractivity contribution in [1.82, 2.24) is 5.32 Å². The number of halogens is 1. The lowest BCUT2D eigenvalue weighted by Crippen LogP contribution is -2.10. The van der Waals surface area contributed by atoms with Gasteiger partial charge in [-0.15, -0.1) is 0 Å². The number of phenolic OH excluding ortho intramolecular Hbond substituents is 2. The molecule has 0 bridgehead atoms. The highest BCUT2D eigenvalue weighted by Crippen LogP contribution is 2.34. The minimum Gasteiger partial charge on any atom is -0.504 e. The number of nitrogens with one attached hydrogen (secondary N) is 1. The Hall–Kier alpha value is -0.740. The number of rotatable bonds is 3. The van der Waals surface area contributed by atoms with E-state index < -0.39 is 0 Å². The summed E-state index contributed by atoms with van der Waals surface area (Å²) in [5.41, 5.74) is 0.983. The Balaban J connectivity index is 2.86. The Morgan fingerprint density at radius 1 is 1.38 bits per heavy atom. The lowest BCUT2D eigenvalue weighted by Gasteiger charge is -2.05. The van der Waals surface area contributed by atoms with Gasteiger partial charge in [0.15, 0.2) is 11.5 Å². The Labute approximate surface area is 85.5 Å². The lowest BCUT2D eigenvalue weighted by molar-refractivity contribution is 0.401. The molecular weight excluding hydrogens is 234 g/mol. The van der Waals surface area contributed by atoms with Gasteiger partial charge in [-0.05, 0) is 53.6 Å². The molecule has 0 aromatic heterocycles. The van der Waals surface area contributed by atoms with Gasteiger partial charge in [-0.25, -0.2) is 0 Å². The van der Waals surface area contributed by atoms with Gasteiger partial charge in [0, 0.05) is 0 Å². The van der Waals surface area contributed by atoms with Crippen molar-refractivity contribution in [2.75, 3.05) is 13.6 Å². The molecular formula is C9H12BrNO2. The predicted molar refractivity (Wildman–Crippen MR) is 55.1 cm³/mol. The van der Waals surface area contributed by atoms with Crippen molar-refractivity contribution >= 4 is 15.9 Å². The van der Waals surface area contributed by atoms with E-state index in [0.29, 0.717) is 4.47 Å². The molecule has 3 N–H and O–H groups in total. The van der Waals surface area contributed by atoms with E-state index >= 15 is 0 Å². The van der Waals surface area contributed by atoms with Crippen LogP contribution in [0.1, 0.15) is 5.56 Å². The average molecular weight is 246 g/mol. The summed E-state index contributed by atoms with van der Waals surface area (Å²) in [6, 6.07) is 3.36. The molecule has 0 radical (unpaired) electrons. The Morgan fingerprint density at radius 2 is 2.08 bits per heavy atom. The average Bonchev–Trinajstić information content (AvgIpc) is 2.10. The van der Waals surface area contributed by atoms with E-state index in [2.05, 4.69) is 21.2 Å². The predicted octanol–water partition coefficient (Wildman–Crippen LogP) is 1.62. The van der Waals surface area contributed by atoms with Crippen LogP contribution in [0.2, 0.25) is 0 Å². The van der Waals surface area contributed by atoms with E-state index in [1.807, 2.05) is 7.05 Å². The molecule has 0 saturated heterocycles. The fraction of sp³-hybridized carbons (Fsp3) is 0.333. The highest BCUT2D eigenvalue weighted by atomic mass is 79.9. The summed E-state index contributed by atoms with van der Waals surface area (Å²) in [7, 11) is 1.87.